The summed E-state index contributed by atoms with van der Waals surface area (Å²) in [4.78, 5) is 41.9. The fourth-order valence-electron chi connectivity index (χ4n) is 5.62. The molecule has 6 atom stereocenters. The summed E-state index contributed by atoms with van der Waals surface area (Å²) in [5, 5.41) is 15.1. The third-order valence-electron chi connectivity index (χ3n) is 7.05. The molecule has 1 spiro atoms. The fourth-order valence-corrected chi connectivity index (χ4v) is 6.56. The number of alkyl halides is 1. The largest absolute Gasteiger partial charge is 0.497 e. The Bertz CT molecular complexity index is 928. The van der Waals surface area contributed by atoms with Gasteiger partial charge in [-0.2, -0.15) is 0 Å². The molecule has 3 heterocycles. The van der Waals surface area contributed by atoms with E-state index in [1.54, 1.807) is 36.3 Å². The third kappa shape index (κ3) is 4.20. The Balaban J connectivity index is 1.65. The van der Waals surface area contributed by atoms with Crippen molar-refractivity contribution >= 4 is 39.3 Å². The van der Waals surface area contributed by atoms with Gasteiger partial charge in [0.15, 0.2) is 0 Å². The lowest BCUT2D eigenvalue weighted by Crippen LogP contribution is -2.54. The molecule has 0 aliphatic carbocycles. The number of carbonyl (C=O) groups excluding carboxylic acids is 3. The van der Waals surface area contributed by atoms with Crippen LogP contribution in [0.2, 0.25) is 0 Å². The molecular formula is C24H32BrN3O6. The Morgan fingerprint density at radius 2 is 2.00 bits per heavy atom. The van der Waals surface area contributed by atoms with Crippen LogP contribution in [-0.4, -0.2) is 77.1 Å². The maximum absolute atomic E-state index is 13.7. The maximum atomic E-state index is 13.7. The number of fused-ring (bicyclic) bond motifs is 1. The first-order chi connectivity index (χ1) is 16.4. The first-order valence-electron chi connectivity index (χ1n) is 11.8. The number of nitrogens with one attached hydrogen (secondary N) is 2. The van der Waals surface area contributed by atoms with Crippen molar-refractivity contribution in [3.05, 3.63) is 24.3 Å². The van der Waals surface area contributed by atoms with Gasteiger partial charge in [-0.15, -0.1) is 0 Å². The first-order valence-corrected chi connectivity index (χ1v) is 12.7. The van der Waals surface area contributed by atoms with Crippen molar-refractivity contribution < 1.29 is 29.0 Å². The van der Waals surface area contributed by atoms with Crippen LogP contribution >= 0.6 is 15.9 Å². The summed E-state index contributed by atoms with van der Waals surface area (Å²) in [5.41, 5.74) is -0.506. The minimum Gasteiger partial charge on any atom is -0.497 e. The number of benzene rings is 1. The molecule has 186 valence electrons. The van der Waals surface area contributed by atoms with Crippen molar-refractivity contribution in [3.8, 4) is 5.75 Å². The summed E-state index contributed by atoms with van der Waals surface area (Å²) in [6.45, 7) is 2.80. The molecule has 3 aliphatic rings. The van der Waals surface area contributed by atoms with Crippen LogP contribution in [0, 0.1) is 11.8 Å². The molecule has 0 aromatic heterocycles. The molecule has 1 aromatic rings. The fraction of sp³-hybridized carbons (Fsp3) is 0.625. The van der Waals surface area contributed by atoms with E-state index < -0.39 is 29.6 Å². The van der Waals surface area contributed by atoms with Gasteiger partial charge in [0.05, 0.1) is 25.0 Å². The number of ether oxygens (including phenoxy) is 2. The van der Waals surface area contributed by atoms with Gasteiger partial charge in [0, 0.05) is 30.2 Å². The molecule has 9 nitrogen and oxygen atoms in total. The number of halogens is 1. The Labute approximate surface area is 207 Å². The highest BCUT2D eigenvalue weighted by atomic mass is 79.9. The second-order valence-corrected chi connectivity index (χ2v) is 10.3. The molecule has 2 bridgehead atoms. The molecule has 3 fully saturated rings. The number of hydrogen-bond donors (Lipinski definition) is 3. The molecule has 4 rings (SSSR count). The second kappa shape index (κ2) is 10.2. The number of unbranched alkanes of at least 4 members (excludes halogenated alkanes) is 1. The average molecular weight is 538 g/mol. The predicted octanol–water partition coefficient (Wildman–Crippen LogP) is 1.68. The topological polar surface area (TPSA) is 117 Å². The zero-order valence-electron chi connectivity index (χ0n) is 19.5. The number of hydrogen-bond acceptors (Lipinski definition) is 6. The van der Waals surface area contributed by atoms with Gasteiger partial charge in [-0.05, 0) is 49.9 Å². The highest BCUT2D eigenvalue weighted by molar-refractivity contribution is 9.09. The number of aliphatic hydroxyl groups is 1. The number of anilines is 1. The summed E-state index contributed by atoms with van der Waals surface area (Å²) in [6, 6.07) is 6.09. The molecule has 3 aliphatic heterocycles. The molecule has 0 radical (unpaired) electrons. The van der Waals surface area contributed by atoms with E-state index in [2.05, 4.69) is 26.6 Å². The van der Waals surface area contributed by atoms with Crippen LogP contribution in [0.3, 0.4) is 0 Å². The van der Waals surface area contributed by atoms with Gasteiger partial charge in [-0.3, -0.25) is 14.4 Å². The standard InChI is InChI=1S/C24H32BrN3O6/c1-3-10-26-21(30)17-18-23(32)28(11-4-5-12-29)20(24(18)13-16(25)19(17)34-24)22(31)27-14-6-8-15(33-2)9-7-14/h6-9,16-20,29H,3-5,10-13H2,1-2H3,(H,26,30)(H,27,31)/t16?,17-,18+,19-,20?,24?/m1/s1. The van der Waals surface area contributed by atoms with E-state index >= 15 is 0 Å². The Kier molecular flexibility index (Phi) is 7.49. The number of amides is 3. The number of methoxy groups -OCH3 is 1. The van der Waals surface area contributed by atoms with Crippen molar-refractivity contribution in [2.45, 2.75) is 55.2 Å². The van der Waals surface area contributed by atoms with Crippen LogP contribution in [0.1, 0.15) is 32.6 Å². The first kappa shape index (κ1) is 24.9. The van der Waals surface area contributed by atoms with Crippen molar-refractivity contribution in [1.29, 1.82) is 0 Å². The molecule has 3 unspecified atom stereocenters. The van der Waals surface area contributed by atoms with Crippen LogP contribution in [0.4, 0.5) is 5.69 Å². The molecule has 34 heavy (non-hydrogen) atoms. The van der Waals surface area contributed by atoms with E-state index in [9.17, 15) is 19.5 Å². The number of rotatable bonds is 10. The lowest BCUT2D eigenvalue weighted by molar-refractivity contribution is -0.140. The Morgan fingerprint density at radius 1 is 1.26 bits per heavy atom. The third-order valence-corrected chi connectivity index (χ3v) is 7.90. The smallest absolute Gasteiger partial charge is 0.250 e. The summed E-state index contributed by atoms with van der Waals surface area (Å²) in [7, 11) is 1.57. The average Bonchev–Trinajstić information content (AvgIpc) is 3.41. The molecule has 1 aromatic carbocycles. The van der Waals surface area contributed by atoms with Crippen LogP contribution in [0.5, 0.6) is 5.75 Å². The van der Waals surface area contributed by atoms with E-state index in [1.165, 1.54) is 0 Å². The van der Waals surface area contributed by atoms with Crippen molar-refractivity contribution in [1.82, 2.24) is 10.2 Å². The molecule has 10 heteroatoms. The van der Waals surface area contributed by atoms with Gasteiger partial charge in [0.1, 0.15) is 17.4 Å². The van der Waals surface area contributed by atoms with Crippen LogP contribution < -0.4 is 15.4 Å². The van der Waals surface area contributed by atoms with E-state index in [4.69, 9.17) is 9.47 Å². The van der Waals surface area contributed by atoms with E-state index in [-0.39, 0.29) is 29.2 Å². The summed E-state index contributed by atoms with van der Waals surface area (Å²) < 4.78 is 11.6. The Hall–Kier alpha value is -2.17. The van der Waals surface area contributed by atoms with Gasteiger partial charge >= 0.3 is 0 Å². The van der Waals surface area contributed by atoms with E-state index in [0.29, 0.717) is 43.8 Å². The van der Waals surface area contributed by atoms with Crippen molar-refractivity contribution in [2.24, 2.45) is 11.8 Å². The van der Waals surface area contributed by atoms with Crippen LogP contribution in [0.25, 0.3) is 0 Å². The molecule has 0 saturated carbocycles. The monoisotopic (exact) mass is 537 g/mol. The van der Waals surface area contributed by atoms with Crippen molar-refractivity contribution in [2.75, 3.05) is 32.1 Å². The van der Waals surface area contributed by atoms with Crippen LogP contribution in [0.15, 0.2) is 24.3 Å². The van der Waals surface area contributed by atoms with Crippen molar-refractivity contribution in [3.63, 3.8) is 0 Å². The minimum absolute atomic E-state index is 0.00338. The quantitative estimate of drug-likeness (QED) is 0.308. The summed E-state index contributed by atoms with van der Waals surface area (Å²) in [5.74, 6) is -1.49. The second-order valence-electron chi connectivity index (χ2n) is 9.13. The van der Waals surface area contributed by atoms with Gasteiger partial charge < -0.3 is 30.1 Å². The number of carbonyl (C=O) groups is 3. The SMILES string of the molecule is CCCNC(=O)[C@H]1[C@@H]2OC3(CC2Br)C(C(=O)Nc2ccc(OC)cc2)N(CCCCO)C(=O)[C@H]13. The molecular weight excluding hydrogens is 506 g/mol. The van der Waals surface area contributed by atoms with Gasteiger partial charge in [0.25, 0.3) is 0 Å². The lowest BCUT2D eigenvalue weighted by atomic mass is 9.70. The number of aliphatic hydroxyl groups excluding tert-OH is 1. The van der Waals surface area contributed by atoms with E-state index in [0.717, 1.165) is 6.42 Å². The van der Waals surface area contributed by atoms with Gasteiger partial charge in [-0.1, -0.05) is 22.9 Å². The minimum atomic E-state index is -1.08. The Morgan fingerprint density at radius 3 is 2.65 bits per heavy atom. The zero-order valence-corrected chi connectivity index (χ0v) is 21.0. The number of likely N-dealkylation sites (tertiary alicyclic amines) is 1. The predicted molar refractivity (Wildman–Crippen MR) is 129 cm³/mol. The van der Waals surface area contributed by atoms with Gasteiger partial charge in [0.2, 0.25) is 17.7 Å². The van der Waals surface area contributed by atoms with Gasteiger partial charge in [-0.25, -0.2) is 0 Å². The molecule has 3 N–H and O–H groups in total. The zero-order chi connectivity index (χ0) is 24.5. The lowest BCUT2D eigenvalue weighted by Gasteiger charge is -2.34. The van der Waals surface area contributed by atoms with E-state index in [1.807, 2.05) is 6.92 Å². The summed E-state index contributed by atoms with van der Waals surface area (Å²) in [6.07, 6.45) is 1.83. The highest BCUT2D eigenvalue weighted by Gasteiger charge is 2.76. The normalized spacial score (nSPS) is 31.5. The maximum Gasteiger partial charge on any atom is 0.250 e. The molecule has 3 amide bonds. The summed E-state index contributed by atoms with van der Waals surface area (Å²) >= 11 is 3.65. The number of nitrogens with zero attached hydrogens (tertiary/aromatic N) is 1. The van der Waals surface area contributed by atoms with Crippen LogP contribution in [-0.2, 0) is 19.1 Å². The highest BCUT2D eigenvalue weighted by Crippen LogP contribution is 2.60. The molecule has 3 saturated heterocycles.